The van der Waals surface area contributed by atoms with Crippen molar-refractivity contribution in [2.24, 2.45) is 0 Å². The van der Waals surface area contributed by atoms with Crippen LogP contribution in [0.1, 0.15) is 36.7 Å². The molecule has 0 heterocycles. The summed E-state index contributed by atoms with van der Waals surface area (Å²) in [5.74, 6) is 2.18. The Balaban J connectivity index is 1.96. The van der Waals surface area contributed by atoms with E-state index in [9.17, 15) is 9.59 Å². The van der Waals surface area contributed by atoms with Crippen LogP contribution in [0.5, 0.6) is 11.5 Å². The van der Waals surface area contributed by atoms with Crippen molar-refractivity contribution < 1.29 is 19.1 Å². The number of hydrogen-bond donors (Lipinski definition) is 1. The fraction of sp³-hybridized carbons (Fsp3) is 0.333. The number of para-hydroxylation sites is 2. The van der Waals surface area contributed by atoms with Gasteiger partial charge in [0, 0.05) is 16.9 Å². The lowest BCUT2D eigenvalue weighted by molar-refractivity contribution is -0.113. The van der Waals surface area contributed by atoms with Crippen LogP contribution in [0.2, 0.25) is 0 Å². The summed E-state index contributed by atoms with van der Waals surface area (Å²) in [6.07, 6.45) is 0. The molecule has 0 aliphatic rings. The van der Waals surface area contributed by atoms with Crippen molar-refractivity contribution in [2.45, 2.75) is 26.5 Å². The molecule has 0 aromatic heterocycles. The molecule has 0 radical (unpaired) electrons. The molecule has 0 fully saturated rings. The third-order valence-electron chi connectivity index (χ3n) is 3.72. The summed E-state index contributed by atoms with van der Waals surface area (Å²) in [4.78, 5) is 23.9. The lowest BCUT2D eigenvalue weighted by Gasteiger charge is -2.12. The number of ketones is 1. The van der Waals surface area contributed by atoms with Gasteiger partial charge in [0.2, 0.25) is 5.91 Å². The van der Waals surface area contributed by atoms with Crippen molar-refractivity contribution in [2.75, 3.05) is 24.3 Å². The average molecular weight is 388 g/mol. The molecule has 1 N–H and O–H groups in total. The van der Waals surface area contributed by atoms with Crippen LogP contribution < -0.4 is 14.8 Å². The van der Waals surface area contributed by atoms with Gasteiger partial charge in [0.05, 0.1) is 24.7 Å². The van der Waals surface area contributed by atoms with E-state index in [-0.39, 0.29) is 17.4 Å². The maximum atomic E-state index is 12.3. The zero-order valence-corrected chi connectivity index (χ0v) is 16.7. The topological polar surface area (TPSA) is 64.6 Å². The predicted octanol–water partition coefficient (Wildman–Crippen LogP) is 4.56. The second-order valence-corrected chi connectivity index (χ2v) is 6.77. The zero-order valence-electron chi connectivity index (χ0n) is 15.9. The Bertz CT molecular complexity index is 792. The number of thioether (sulfide) groups is 1. The quantitative estimate of drug-likeness (QED) is 0.606. The third-order valence-corrected chi connectivity index (χ3v) is 4.70. The predicted molar refractivity (Wildman–Crippen MR) is 110 cm³/mol. The molecule has 144 valence electrons. The molecule has 2 aromatic rings. The summed E-state index contributed by atoms with van der Waals surface area (Å²) >= 11 is 1.47. The summed E-state index contributed by atoms with van der Waals surface area (Å²) < 4.78 is 11.1. The number of hydrogen-bond acceptors (Lipinski definition) is 5. The first kappa shape index (κ1) is 20.8. The van der Waals surface area contributed by atoms with Crippen molar-refractivity contribution in [3.63, 3.8) is 0 Å². The second kappa shape index (κ2) is 10.6. The Morgan fingerprint density at radius 2 is 1.70 bits per heavy atom. The van der Waals surface area contributed by atoms with Crippen molar-refractivity contribution >= 4 is 29.1 Å². The smallest absolute Gasteiger partial charge is 0.234 e. The largest absolute Gasteiger partial charge is 0.494 e. The van der Waals surface area contributed by atoms with Gasteiger partial charge in [-0.3, -0.25) is 9.59 Å². The Kier molecular flexibility index (Phi) is 8.20. The number of amides is 1. The highest BCUT2D eigenvalue weighted by Gasteiger charge is 2.11. The van der Waals surface area contributed by atoms with E-state index in [4.69, 9.17) is 9.47 Å². The van der Waals surface area contributed by atoms with Crippen LogP contribution in [0, 0.1) is 0 Å². The van der Waals surface area contributed by atoms with Crippen LogP contribution >= 0.6 is 11.8 Å². The molecular formula is C21H25NO4S. The van der Waals surface area contributed by atoms with Gasteiger partial charge in [-0.05, 0) is 51.1 Å². The number of carbonyl (C=O) groups excluding carboxylic acids is 2. The number of anilines is 1. The molecule has 0 atom stereocenters. The Morgan fingerprint density at radius 1 is 1.00 bits per heavy atom. The first-order valence-corrected chi connectivity index (χ1v) is 10.1. The van der Waals surface area contributed by atoms with E-state index in [1.165, 1.54) is 18.7 Å². The Morgan fingerprint density at radius 3 is 2.41 bits per heavy atom. The Hall–Kier alpha value is -2.47. The highest BCUT2D eigenvalue weighted by molar-refractivity contribution is 7.99. The van der Waals surface area contributed by atoms with Gasteiger partial charge in [-0.15, -0.1) is 11.8 Å². The monoisotopic (exact) mass is 387 g/mol. The molecule has 0 bridgehead atoms. The molecule has 0 aliphatic carbocycles. The van der Waals surface area contributed by atoms with E-state index >= 15 is 0 Å². The molecular weight excluding hydrogens is 362 g/mol. The fourth-order valence-corrected chi connectivity index (χ4v) is 3.30. The van der Waals surface area contributed by atoms with Crippen molar-refractivity contribution in [3.05, 3.63) is 53.6 Å². The van der Waals surface area contributed by atoms with Gasteiger partial charge in [0.25, 0.3) is 0 Å². The van der Waals surface area contributed by atoms with E-state index in [0.29, 0.717) is 36.0 Å². The summed E-state index contributed by atoms with van der Waals surface area (Å²) in [7, 11) is 0. The number of carbonyl (C=O) groups is 2. The van der Waals surface area contributed by atoms with Crippen molar-refractivity contribution in [3.8, 4) is 11.5 Å². The molecule has 0 saturated heterocycles. The maximum Gasteiger partial charge on any atom is 0.234 e. The van der Waals surface area contributed by atoms with Gasteiger partial charge >= 0.3 is 0 Å². The minimum absolute atomic E-state index is 0.00886. The number of Topliss-reactive ketones (excluding diaryl/α,β-unsaturated/α-hetero) is 1. The van der Waals surface area contributed by atoms with Crippen molar-refractivity contribution in [1.82, 2.24) is 0 Å². The van der Waals surface area contributed by atoms with Gasteiger partial charge in [-0.1, -0.05) is 12.1 Å². The summed E-state index contributed by atoms with van der Waals surface area (Å²) in [5, 5.41) is 2.88. The summed E-state index contributed by atoms with van der Waals surface area (Å²) in [5.41, 5.74) is 2.22. The molecule has 27 heavy (non-hydrogen) atoms. The van der Waals surface area contributed by atoms with E-state index < -0.39 is 0 Å². The molecule has 0 aliphatic heterocycles. The van der Waals surface area contributed by atoms with Crippen LogP contribution in [0.4, 0.5) is 5.69 Å². The number of nitrogens with one attached hydrogen (secondary N) is 1. The van der Waals surface area contributed by atoms with Crippen LogP contribution in [-0.2, 0) is 10.5 Å². The molecule has 0 unspecified atom stereocenters. The minimum atomic E-state index is -0.104. The van der Waals surface area contributed by atoms with Gasteiger partial charge < -0.3 is 14.8 Å². The standard InChI is InChI=1S/C21H25NO4S/c1-4-25-19-11-10-16(15(3)23)12-17(19)13-27-14-21(24)22-18-8-6-7-9-20(18)26-5-2/h6-12H,4-5,13-14H2,1-3H3,(H,22,24). The van der Waals surface area contributed by atoms with Crippen LogP contribution in [-0.4, -0.2) is 30.7 Å². The van der Waals surface area contributed by atoms with E-state index in [1.54, 1.807) is 6.07 Å². The fourth-order valence-electron chi connectivity index (χ4n) is 2.50. The van der Waals surface area contributed by atoms with Crippen LogP contribution in [0.15, 0.2) is 42.5 Å². The molecule has 2 rings (SSSR count). The zero-order chi connectivity index (χ0) is 19.6. The molecule has 1 amide bonds. The van der Waals surface area contributed by atoms with Gasteiger partial charge in [-0.25, -0.2) is 0 Å². The third kappa shape index (κ3) is 6.32. The van der Waals surface area contributed by atoms with E-state index in [1.807, 2.05) is 50.2 Å². The molecule has 6 heteroatoms. The van der Waals surface area contributed by atoms with E-state index in [0.717, 1.165) is 11.3 Å². The Labute approximate surface area is 164 Å². The minimum Gasteiger partial charge on any atom is -0.494 e. The number of rotatable bonds is 10. The molecule has 2 aromatic carbocycles. The average Bonchev–Trinajstić information content (AvgIpc) is 2.65. The first-order chi connectivity index (χ1) is 13.0. The molecule has 5 nitrogen and oxygen atoms in total. The molecule has 0 spiro atoms. The van der Waals surface area contributed by atoms with Crippen LogP contribution in [0.3, 0.4) is 0 Å². The maximum absolute atomic E-state index is 12.3. The lowest BCUT2D eigenvalue weighted by Crippen LogP contribution is -2.15. The summed E-state index contributed by atoms with van der Waals surface area (Å²) in [6.45, 7) is 6.44. The SMILES string of the molecule is CCOc1ccc(C(C)=O)cc1CSCC(=O)Nc1ccccc1OCC. The second-order valence-electron chi connectivity index (χ2n) is 5.78. The normalized spacial score (nSPS) is 10.3. The van der Waals surface area contributed by atoms with Crippen LogP contribution in [0.25, 0.3) is 0 Å². The molecule has 0 saturated carbocycles. The lowest BCUT2D eigenvalue weighted by atomic mass is 10.1. The van der Waals surface area contributed by atoms with E-state index in [2.05, 4.69) is 5.32 Å². The highest BCUT2D eigenvalue weighted by Crippen LogP contribution is 2.26. The van der Waals surface area contributed by atoms with Gasteiger partial charge in [0.15, 0.2) is 5.78 Å². The van der Waals surface area contributed by atoms with Gasteiger partial charge in [-0.2, -0.15) is 0 Å². The summed E-state index contributed by atoms with van der Waals surface area (Å²) in [6, 6.07) is 12.8. The van der Waals surface area contributed by atoms with Gasteiger partial charge in [0.1, 0.15) is 11.5 Å². The highest BCUT2D eigenvalue weighted by atomic mass is 32.2. The number of benzene rings is 2. The number of ether oxygens (including phenoxy) is 2. The van der Waals surface area contributed by atoms with Crippen molar-refractivity contribution in [1.29, 1.82) is 0 Å². The first-order valence-electron chi connectivity index (χ1n) is 8.91.